The van der Waals surface area contributed by atoms with Crippen molar-refractivity contribution in [3.05, 3.63) is 59.7 Å². The number of carbonyl (C=O) groups excluding carboxylic acids is 2. The van der Waals surface area contributed by atoms with E-state index in [2.05, 4.69) is 22.8 Å². The molecule has 7 heteroatoms. The summed E-state index contributed by atoms with van der Waals surface area (Å²) < 4.78 is 5.61. The van der Waals surface area contributed by atoms with E-state index in [1.165, 1.54) is 0 Å². The van der Waals surface area contributed by atoms with Crippen LogP contribution in [0.25, 0.3) is 11.1 Å². The van der Waals surface area contributed by atoms with Crippen LogP contribution in [0.15, 0.2) is 48.5 Å². The van der Waals surface area contributed by atoms with Crippen molar-refractivity contribution in [3.8, 4) is 11.1 Å². The maximum atomic E-state index is 13.0. The molecule has 2 atom stereocenters. The zero-order chi connectivity index (χ0) is 24.9. The van der Waals surface area contributed by atoms with Crippen molar-refractivity contribution < 1.29 is 24.2 Å². The number of carboxylic acids is 1. The molecule has 1 aliphatic carbocycles. The standard InChI is InChI=1S/C27H34N2O5/c1-5-10-17(15-23(30)31)28-25(32)24(27(2,3)4)29-26(33)34-16-22-20-13-8-6-11-18(20)19-12-7-9-14-21(19)22/h6-9,11-14,17,22,24H,5,10,15-16H2,1-4H3,(H,28,32)(H,29,33)(H,30,31)/t17-,24+/m1/s1. The average molecular weight is 467 g/mol. The van der Waals surface area contributed by atoms with Crippen molar-refractivity contribution >= 4 is 18.0 Å². The van der Waals surface area contributed by atoms with Gasteiger partial charge in [0.1, 0.15) is 12.6 Å². The molecule has 7 nitrogen and oxygen atoms in total. The first kappa shape index (κ1) is 25.3. The van der Waals surface area contributed by atoms with Gasteiger partial charge in [0.15, 0.2) is 0 Å². The summed E-state index contributed by atoms with van der Waals surface area (Å²) in [7, 11) is 0. The lowest BCUT2D eigenvalue weighted by Crippen LogP contribution is -2.55. The van der Waals surface area contributed by atoms with Crippen molar-refractivity contribution in [3.63, 3.8) is 0 Å². The lowest BCUT2D eigenvalue weighted by Gasteiger charge is -2.31. The number of nitrogens with one attached hydrogen (secondary N) is 2. The third-order valence-corrected chi connectivity index (χ3v) is 6.14. The van der Waals surface area contributed by atoms with Crippen LogP contribution >= 0.6 is 0 Å². The topological polar surface area (TPSA) is 105 Å². The number of fused-ring (bicyclic) bond motifs is 3. The lowest BCUT2D eigenvalue weighted by molar-refractivity contribution is -0.138. The highest BCUT2D eigenvalue weighted by Crippen LogP contribution is 2.44. The van der Waals surface area contributed by atoms with Gasteiger partial charge < -0.3 is 20.5 Å². The predicted octanol–water partition coefficient (Wildman–Crippen LogP) is 4.70. The van der Waals surface area contributed by atoms with Crippen LogP contribution in [0.4, 0.5) is 4.79 Å². The molecule has 0 aliphatic heterocycles. The maximum absolute atomic E-state index is 13.0. The van der Waals surface area contributed by atoms with E-state index in [4.69, 9.17) is 9.84 Å². The molecule has 182 valence electrons. The Bertz CT molecular complexity index is 998. The molecule has 3 rings (SSSR count). The average Bonchev–Trinajstić information content (AvgIpc) is 3.08. The third kappa shape index (κ3) is 5.95. The fourth-order valence-electron chi connectivity index (χ4n) is 4.50. The number of ether oxygens (including phenoxy) is 1. The number of amides is 2. The fourth-order valence-corrected chi connectivity index (χ4v) is 4.50. The van der Waals surface area contributed by atoms with Crippen LogP contribution in [0.1, 0.15) is 64.0 Å². The van der Waals surface area contributed by atoms with Crippen LogP contribution in [-0.2, 0) is 14.3 Å². The zero-order valence-corrected chi connectivity index (χ0v) is 20.3. The number of hydrogen-bond donors (Lipinski definition) is 3. The molecular formula is C27H34N2O5. The molecule has 0 aromatic heterocycles. The Morgan fingerprint density at radius 3 is 2.03 bits per heavy atom. The molecule has 2 aromatic rings. The van der Waals surface area contributed by atoms with Gasteiger partial charge in [0.25, 0.3) is 0 Å². The minimum Gasteiger partial charge on any atom is -0.481 e. The molecule has 0 radical (unpaired) electrons. The largest absolute Gasteiger partial charge is 0.481 e. The van der Waals surface area contributed by atoms with E-state index in [0.717, 1.165) is 28.7 Å². The smallest absolute Gasteiger partial charge is 0.407 e. The molecule has 0 fully saturated rings. The number of hydrogen-bond acceptors (Lipinski definition) is 4. The highest BCUT2D eigenvalue weighted by atomic mass is 16.5. The summed E-state index contributed by atoms with van der Waals surface area (Å²) in [6.45, 7) is 7.60. The minimum atomic E-state index is -0.976. The van der Waals surface area contributed by atoms with Gasteiger partial charge in [-0.15, -0.1) is 0 Å². The van der Waals surface area contributed by atoms with Gasteiger partial charge in [0, 0.05) is 12.0 Å². The Labute approximate surface area is 200 Å². The molecule has 0 bridgehead atoms. The van der Waals surface area contributed by atoms with Gasteiger partial charge in [-0.25, -0.2) is 4.79 Å². The van der Waals surface area contributed by atoms with Gasteiger partial charge in [-0.05, 0) is 34.1 Å². The van der Waals surface area contributed by atoms with E-state index in [0.29, 0.717) is 6.42 Å². The van der Waals surface area contributed by atoms with Crippen LogP contribution in [0.3, 0.4) is 0 Å². The van der Waals surface area contributed by atoms with Crippen molar-refractivity contribution in [1.29, 1.82) is 0 Å². The molecular weight excluding hydrogens is 432 g/mol. The van der Waals surface area contributed by atoms with Crippen molar-refractivity contribution in [2.75, 3.05) is 6.61 Å². The number of alkyl carbamates (subject to hydrolysis) is 1. The number of carboxylic acid groups (broad SMARTS) is 1. The van der Waals surface area contributed by atoms with E-state index >= 15 is 0 Å². The summed E-state index contributed by atoms with van der Waals surface area (Å²) in [5, 5.41) is 14.6. The summed E-state index contributed by atoms with van der Waals surface area (Å²) in [5.41, 5.74) is 3.89. The Hall–Kier alpha value is -3.35. The van der Waals surface area contributed by atoms with Crippen LogP contribution in [0.2, 0.25) is 0 Å². The molecule has 3 N–H and O–H groups in total. The highest BCUT2D eigenvalue weighted by Gasteiger charge is 2.35. The summed E-state index contributed by atoms with van der Waals surface area (Å²) in [4.78, 5) is 36.9. The van der Waals surface area contributed by atoms with Crippen LogP contribution in [0.5, 0.6) is 0 Å². The first-order chi connectivity index (χ1) is 16.1. The van der Waals surface area contributed by atoms with Gasteiger partial charge in [0.2, 0.25) is 5.91 Å². The normalized spacial score (nSPS) is 14.5. The molecule has 0 spiro atoms. The molecule has 0 saturated heterocycles. The van der Waals surface area contributed by atoms with E-state index in [-0.39, 0.29) is 18.9 Å². The second-order valence-electron chi connectivity index (χ2n) is 9.86. The predicted molar refractivity (Wildman–Crippen MR) is 131 cm³/mol. The quantitative estimate of drug-likeness (QED) is 0.497. The van der Waals surface area contributed by atoms with Crippen molar-refractivity contribution in [1.82, 2.24) is 10.6 Å². The van der Waals surface area contributed by atoms with Crippen LogP contribution in [0, 0.1) is 5.41 Å². The summed E-state index contributed by atoms with van der Waals surface area (Å²) in [6.07, 6.45) is 0.432. The maximum Gasteiger partial charge on any atom is 0.407 e. The Morgan fingerprint density at radius 2 is 1.53 bits per heavy atom. The van der Waals surface area contributed by atoms with E-state index in [9.17, 15) is 14.4 Å². The second-order valence-corrected chi connectivity index (χ2v) is 9.86. The van der Waals surface area contributed by atoms with E-state index in [1.54, 1.807) is 0 Å². The SMILES string of the molecule is CCC[C@H](CC(=O)O)NC(=O)[C@H](NC(=O)OCC1c2ccccc2-c2ccccc21)C(C)(C)C. The molecule has 0 saturated carbocycles. The Balaban J connectivity index is 1.68. The minimum absolute atomic E-state index is 0.0791. The number of carbonyl (C=O) groups is 3. The molecule has 34 heavy (non-hydrogen) atoms. The summed E-state index contributed by atoms with van der Waals surface area (Å²) in [6, 6.07) is 14.8. The third-order valence-electron chi connectivity index (χ3n) is 6.14. The fraction of sp³-hybridized carbons (Fsp3) is 0.444. The lowest BCUT2D eigenvalue weighted by atomic mass is 9.86. The molecule has 2 amide bonds. The highest BCUT2D eigenvalue weighted by molar-refractivity contribution is 5.87. The molecule has 0 unspecified atom stereocenters. The zero-order valence-electron chi connectivity index (χ0n) is 20.3. The first-order valence-electron chi connectivity index (χ1n) is 11.8. The monoisotopic (exact) mass is 466 g/mol. The number of aliphatic carboxylic acids is 1. The number of rotatable bonds is 9. The van der Waals surface area contributed by atoms with Crippen LogP contribution in [-0.4, -0.2) is 41.8 Å². The van der Waals surface area contributed by atoms with Gasteiger partial charge in [-0.2, -0.15) is 0 Å². The molecule has 2 aromatic carbocycles. The second kappa shape index (κ2) is 10.7. The van der Waals surface area contributed by atoms with Gasteiger partial charge >= 0.3 is 12.1 Å². The number of benzene rings is 2. The van der Waals surface area contributed by atoms with Crippen molar-refractivity contribution in [2.24, 2.45) is 5.41 Å². The molecule has 0 heterocycles. The van der Waals surface area contributed by atoms with E-state index in [1.807, 2.05) is 64.1 Å². The first-order valence-corrected chi connectivity index (χ1v) is 11.8. The van der Waals surface area contributed by atoms with Gasteiger partial charge in [-0.1, -0.05) is 82.6 Å². The molecule has 1 aliphatic rings. The van der Waals surface area contributed by atoms with Gasteiger partial charge in [0.05, 0.1) is 6.42 Å². The van der Waals surface area contributed by atoms with Crippen LogP contribution < -0.4 is 10.6 Å². The Kier molecular flexibility index (Phi) is 7.97. The summed E-state index contributed by atoms with van der Waals surface area (Å²) >= 11 is 0. The van der Waals surface area contributed by atoms with E-state index < -0.39 is 35.5 Å². The summed E-state index contributed by atoms with van der Waals surface area (Å²) in [5.74, 6) is -1.47. The van der Waals surface area contributed by atoms with Crippen molar-refractivity contribution in [2.45, 2.75) is 65.0 Å². The Morgan fingerprint density at radius 1 is 0.971 bits per heavy atom. The van der Waals surface area contributed by atoms with Gasteiger partial charge in [-0.3, -0.25) is 9.59 Å².